The lowest BCUT2D eigenvalue weighted by Crippen LogP contribution is -2.41. The predicted molar refractivity (Wildman–Crippen MR) is 84.8 cm³/mol. The summed E-state index contributed by atoms with van der Waals surface area (Å²) in [6, 6.07) is -0.606. The minimum Gasteiger partial charge on any atom is -0.398 e. The molecule has 0 amide bonds. The third-order valence-corrected chi connectivity index (χ3v) is 4.09. The van der Waals surface area contributed by atoms with Crippen LogP contribution in [-0.4, -0.2) is 33.1 Å². The first-order valence-corrected chi connectivity index (χ1v) is 7.22. The molecule has 2 aromatic rings. The Morgan fingerprint density at radius 2 is 1.86 bits per heavy atom. The normalized spacial score (nSPS) is 23.3. The third-order valence-electron chi connectivity index (χ3n) is 3.73. The predicted octanol–water partition coefficient (Wildman–Crippen LogP) is 2.33. The fourth-order valence-electron chi connectivity index (χ4n) is 1.80. The van der Waals surface area contributed by atoms with Crippen molar-refractivity contribution in [2.75, 3.05) is 0 Å². The summed E-state index contributed by atoms with van der Waals surface area (Å²) < 4.78 is 53.2. The van der Waals surface area contributed by atoms with Crippen molar-refractivity contribution < 1.29 is 16.2 Å². The monoisotopic (exact) mass is 354 g/mol. The quantitative estimate of drug-likeness (QED) is 0.776. The standard InChI is InChI=1S/C14H17BBrN3O2/c1-13(2)14(3,4)21-15(20-13)12-6-5-11(8-17-12)19-9-10(16)7-18-19/h5-9H,1-4H3/i5D,6D,7D,8D,9D. The molecule has 1 aliphatic heterocycles. The first-order chi connectivity index (χ1) is 11.9. The Bertz CT molecular complexity index is 889. The Kier molecular flexibility index (Phi) is 2.29. The zero-order valence-electron chi connectivity index (χ0n) is 17.1. The molecular formula is C14H17BBrN3O2. The van der Waals surface area contributed by atoms with Crippen LogP contribution < -0.4 is 5.59 Å². The van der Waals surface area contributed by atoms with Crippen molar-refractivity contribution in [2.24, 2.45) is 0 Å². The lowest BCUT2D eigenvalue weighted by Gasteiger charge is -2.32. The number of pyridine rings is 1. The summed E-state index contributed by atoms with van der Waals surface area (Å²) in [5.41, 5.74) is -1.39. The molecule has 0 saturated carbocycles. The van der Waals surface area contributed by atoms with E-state index in [0.29, 0.717) is 0 Å². The van der Waals surface area contributed by atoms with Gasteiger partial charge in [0, 0.05) is 6.17 Å². The van der Waals surface area contributed by atoms with E-state index in [4.69, 9.17) is 16.2 Å². The molecule has 0 atom stereocenters. The van der Waals surface area contributed by atoms with Gasteiger partial charge in [0.15, 0.2) is 0 Å². The molecule has 5 nitrogen and oxygen atoms in total. The number of rotatable bonds is 2. The SMILES string of the molecule is [2H]c1nn(-c2c([2H])nc(B3OC(C)(C)C(C)(C)O3)c([2H])c2[2H])c([2H])c1Br. The van der Waals surface area contributed by atoms with Crippen LogP contribution in [0.15, 0.2) is 35.1 Å². The molecule has 0 spiro atoms. The Morgan fingerprint density at radius 3 is 2.43 bits per heavy atom. The maximum Gasteiger partial charge on any atom is 0.514 e. The summed E-state index contributed by atoms with van der Waals surface area (Å²) in [5, 5.41) is 3.84. The molecule has 0 N–H and O–H groups in total. The minimum atomic E-state index is -0.971. The Morgan fingerprint density at radius 1 is 1.19 bits per heavy atom. The van der Waals surface area contributed by atoms with Gasteiger partial charge in [-0.1, -0.05) is 0 Å². The van der Waals surface area contributed by atoms with Crippen molar-refractivity contribution in [3.8, 4) is 5.69 Å². The molecule has 0 bridgehead atoms. The lowest BCUT2D eigenvalue weighted by atomic mass is 9.84. The minimum absolute atomic E-state index is 0.0336. The molecule has 0 unspecified atom stereocenters. The molecule has 1 aliphatic rings. The first-order valence-electron chi connectivity index (χ1n) is 8.93. The van der Waals surface area contributed by atoms with Gasteiger partial charge in [-0.25, -0.2) is 4.68 Å². The second kappa shape index (κ2) is 4.93. The number of hydrogen-bond acceptors (Lipinski definition) is 4. The van der Waals surface area contributed by atoms with E-state index in [1.807, 2.05) is 27.7 Å². The van der Waals surface area contributed by atoms with Crippen molar-refractivity contribution in [2.45, 2.75) is 38.9 Å². The summed E-state index contributed by atoms with van der Waals surface area (Å²) in [6.07, 6.45) is -0.740. The van der Waals surface area contributed by atoms with Crippen molar-refractivity contribution in [3.63, 3.8) is 0 Å². The van der Waals surface area contributed by atoms with Gasteiger partial charge in [-0.05, 0) is 55.7 Å². The molecule has 7 heteroatoms. The van der Waals surface area contributed by atoms with Crippen molar-refractivity contribution in [3.05, 3.63) is 35.1 Å². The summed E-state index contributed by atoms with van der Waals surface area (Å²) in [7, 11) is -0.971. The molecule has 110 valence electrons. The van der Waals surface area contributed by atoms with Crippen LogP contribution in [0.5, 0.6) is 0 Å². The van der Waals surface area contributed by atoms with Gasteiger partial charge in [0.25, 0.3) is 0 Å². The van der Waals surface area contributed by atoms with E-state index in [2.05, 4.69) is 26.0 Å². The van der Waals surface area contributed by atoms with Crippen molar-refractivity contribution >= 4 is 28.6 Å². The molecule has 3 rings (SSSR count). The van der Waals surface area contributed by atoms with Crippen LogP contribution in [0.4, 0.5) is 0 Å². The van der Waals surface area contributed by atoms with Crippen LogP contribution in [0, 0.1) is 0 Å². The molecule has 0 radical (unpaired) electrons. The van der Waals surface area contributed by atoms with Gasteiger partial charge >= 0.3 is 7.12 Å². The highest BCUT2D eigenvalue weighted by atomic mass is 79.9. The van der Waals surface area contributed by atoms with Gasteiger partial charge in [0.1, 0.15) is 0 Å². The molecular weight excluding hydrogens is 333 g/mol. The molecule has 0 aromatic carbocycles. The van der Waals surface area contributed by atoms with E-state index in [-0.39, 0.29) is 46.4 Å². The molecule has 2 aromatic heterocycles. The lowest BCUT2D eigenvalue weighted by molar-refractivity contribution is 0.00578. The topological polar surface area (TPSA) is 49.2 Å². The average Bonchev–Trinajstić information content (AvgIpc) is 2.90. The number of aromatic nitrogens is 3. The smallest absolute Gasteiger partial charge is 0.398 e. The third kappa shape index (κ3) is 2.65. The zero-order valence-corrected chi connectivity index (χ0v) is 13.7. The maximum absolute atomic E-state index is 8.28. The van der Waals surface area contributed by atoms with Crippen molar-refractivity contribution in [1.82, 2.24) is 14.8 Å². The van der Waals surface area contributed by atoms with Gasteiger partial charge in [-0.15, -0.1) is 0 Å². The number of halogens is 1. The van der Waals surface area contributed by atoms with Crippen LogP contribution >= 0.6 is 15.9 Å². The Balaban J connectivity index is 2.12. The van der Waals surface area contributed by atoms with E-state index >= 15 is 0 Å². The molecule has 1 saturated heterocycles. The molecule has 3 heterocycles. The maximum atomic E-state index is 8.28. The highest BCUT2D eigenvalue weighted by molar-refractivity contribution is 9.10. The average molecular weight is 355 g/mol. The number of hydrogen-bond donors (Lipinski definition) is 0. The molecule has 21 heavy (non-hydrogen) atoms. The van der Waals surface area contributed by atoms with Crippen molar-refractivity contribution in [1.29, 1.82) is 0 Å². The van der Waals surface area contributed by atoms with E-state index in [1.165, 1.54) is 0 Å². The largest absolute Gasteiger partial charge is 0.514 e. The second-order valence-electron chi connectivity index (χ2n) is 5.75. The summed E-state index contributed by atoms with van der Waals surface area (Å²) in [5.74, 6) is 0. The van der Waals surface area contributed by atoms with E-state index in [1.54, 1.807) is 0 Å². The van der Waals surface area contributed by atoms with Gasteiger partial charge < -0.3 is 9.31 Å². The number of nitrogens with zero attached hydrogens (tertiary/aromatic N) is 3. The summed E-state index contributed by atoms with van der Waals surface area (Å²) >= 11 is 3.07. The van der Waals surface area contributed by atoms with Gasteiger partial charge in [0.05, 0.1) is 46.2 Å². The van der Waals surface area contributed by atoms with Crippen LogP contribution in [-0.2, 0) is 9.31 Å². The van der Waals surface area contributed by atoms with Gasteiger partial charge in [-0.3, -0.25) is 4.98 Å². The highest BCUT2D eigenvalue weighted by Gasteiger charge is 2.52. The summed E-state index contributed by atoms with van der Waals surface area (Å²) in [6.45, 7) is 7.43. The van der Waals surface area contributed by atoms with Crippen LogP contribution in [0.25, 0.3) is 5.69 Å². The van der Waals surface area contributed by atoms with E-state index in [0.717, 1.165) is 4.68 Å². The Hall–Kier alpha value is -1.18. The van der Waals surface area contributed by atoms with E-state index in [9.17, 15) is 0 Å². The van der Waals surface area contributed by atoms with Crippen LogP contribution in [0.1, 0.15) is 34.5 Å². The van der Waals surface area contributed by atoms with Gasteiger partial charge in [0.2, 0.25) is 0 Å². The van der Waals surface area contributed by atoms with E-state index < -0.39 is 18.3 Å². The molecule has 0 aliphatic carbocycles. The second-order valence-corrected chi connectivity index (χ2v) is 6.54. The summed E-state index contributed by atoms with van der Waals surface area (Å²) in [4.78, 5) is 4.09. The molecule has 1 fully saturated rings. The fraction of sp³-hybridized carbons (Fsp3) is 0.429. The van der Waals surface area contributed by atoms with Crippen LogP contribution in [0.3, 0.4) is 0 Å². The van der Waals surface area contributed by atoms with Gasteiger partial charge in [-0.2, -0.15) is 5.10 Å². The van der Waals surface area contributed by atoms with Crippen LogP contribution in [0.2, 0.25) is 0 Å². The Labute approximate surface area is 140 Å². The zero-order chi connectivity index (χ0) is 19.6. The first kappa shape index (κ1) is 9.76. The highest BCUT2D eigenvalue weighted by Crippen LogP contribution is 2.36. The fourth-order valence-corrected chi connectivity index (χ4v) is 2.05.